The Morgan fingerprint density at radius 3 is 2.76 bits per heavy atom. The predicted octanol–water partition coefficient (Wildman–Crippen LogP) is 1.20. The van der Waals surface area contributed by atoms with Crippen LogP contribution in [0.25, 0.3) is 0 Å². The molecule has 0 fully saturated rings. The molecule has 1 aromatic carbocycles. The summed E-state index contributed by atoms with van der Waals surface area (Å²) in [6, 6.07) is 5.05. The first kappa shape index (κ1) is 13.4. The number of methoxy groups -OCH3 is 1. The van der Waals surface area contributed by atoms with Gasteiger partial charge in [-0.3, -0.25) is 14.3 Å². The zero-order valence-electron chi connectivity index (χ0n) is 11.9. The number of benzene rings is 1. The maximum Gasteiger partial charge on any atom is 0.299 e. The predicted molar refractivity (Wildman–Crippen MR) is 76.6 cm³/mol. The van der Waals surface area contributed by atoms with Crippen molar-refractivity contribution >= 4 is 17.4 Å². The molecule has 0 spiro atoms. The van der Waals surface area contributed by atoms with Crippen molar-refractivity contribution in [1.29, 1.82) is 0 Å². The van der Waals surface area contributed by atoms with E-state index in [0.717, 1.165) is 5.56 Å². The molecule has 6 nitrogen and oxygen atoms in total. The molecular weight excluding hydrogens is 270 g/mol. The molecule has 0 aliphatic carbocycles. The summed E-state index contributed by atoms with van der Waals surface area (Å²) in [6.07, 6.45) is 4.30. The maximum atomic E-state index is 12.1. The SMILES string of the molecule is COc1ccc2c(c1)N(CCc1cnn(C)c1)C(=O)C2=O. The number of aromatic nitrogens is 2. The Hall–Kier alpha value is -2.63. The summed E-state index contributed by atoms with van der Waals surface area (Å²) in [5.74, 6) is -0.316. The van der Waals surface area contributed by atoms with Crippen LogP contribution in [0.5, 0.6) is 5.75 Å². The van der Waals surface area contributed by atoms with Crippen molar-refractivity contribution < 1.29 is 14.3 Å². The summed E-state index contributed by atoms with van der Waals surface area (Å²) in [5.41, 5.74) is 2.08. The smallest absolute Gasteiger partial charge is 0.299 e. The van der Waals surface area contributed by atoms with E-state index in [-0.39, 0.29) is 0 Å². The average molecular weight is 285 g/mol. The van der Waals surface area contributed by atoms with Gasteiger partial charge in [-0.1, -0.05) is 0 Å². The number of carbonyl (C=O) groups is 2. The largest absolute Gasteiger partial charge is 0.497 e. The zero-order valence-corrected chi connectivity index (χ0v) is 11.9. The first-order chi connectivity index (χ1) is 10.1. The first-order valence-corrected chi connectivity index (χ1v) is 6.62. The van der Waals surface area contributed by atoms with E-state index in [1.54, 1.807) is 36.2 Å². The van der Waals surface area contributed by atoms with E-state index < -0.39 is 11.7 Å². The second-order valence-electron chi connectivity index (χ2n) is 4.94. The Balaban J connectivity index is 1.86. The van der Waals surface area contributed by atoms with Crippen LogP contribution in [-0.2, 0) is 18.3 Å². The highest BCUT2D eigenvalue weighted by atomic mass is 16.5. The average Bonchev–Trinajstić information content (AvgIpc) is 3.00. The van der Waals surface area contributed by atoms with Crippen molar-refractivity contribution in [2.24, 2.45) is 7.05 Å². The van der Waals surface area contributed by atoms with Crippen LogP contribution in [0.2, 0.25) is 0 Å². The van der Waals surface area contributed by atoms with Crippen LogP contribution in [0.3, 0.4) is 0 Å². The van der Waals surface area contributed by atoms with Crippen LogP contribution in [-0.4, -0.2) is 35.1 Å². The number of amides is 1. The number of hydrogen-bond donors (Lipinski definition) is 0. The van der Waals surface area contributed by atoms with E-state index >= 15 is 0 Å². The molecule has 1 amide bonds. The maximum absolute atomic E-state index is 12.1. The van der Waals surface area contributed by atoms with Crippen molar-refractivity contribution in [3.63, 3.8) is 0 Å². The number of Topliss-reactive ketones (excluding diaryl/α,β-unsaturated/α-hetero) is 1. The summed E-state index contributed by atoms with van der Waals surface area (Å²) in [7, 11) is 3.40. The van der Waals surface area contributed by atoms with Gasteiger partial charge in [-0.25, -0.2) is 0 Å². The van der Waals surface area contributed by atoms with Crippen molar-refractivity contribution in [3.8, 4) is 5.75 Å². The van der Waals surface area contributed by atoms with Gasteiger partial charge in [0.05, 0.1) is 24.6 Å². The molecule has 1 aliphatic heterocycles. The Bertz CT molecular complexity index is 721. The molecule has 6 heteroatoms. The fourth-order valence-corrected chi connectivity index (χ4v) is 2.46. The summed E-state index contributed by atoms with van der Waals surface area (Å²) in [5, 5.41) is 4.09. The van der Waals surface area contributed by atoms with Crippen LogP contribution < -0.4 is 9.64 Å². The van der Waals surface area contributed by atoms with Crippen molar-refractivity contribution in [2.75, 3.05) is 18.6 Å². The van der Waals surface area contributed by atoms with Gasteiger partial charge in [-0.15, -0.1) is 0 Å². The summed E-state index contributed by atoms with van der Waals surface area (Å²) in [4.78, 5) is 25.6. The highest BCUT2D eigenvalue weighted by Gasteiger charge is 2.35. The lowest BCUT2D eigenvalue weighted by atomic mass is 10.1. The Morgan fingerprint density at radius 2 is 2.10 bits per heavy atom. The number of nitrogens with zero attached hydrogens (tertiary/aromatic N) is 3. The lowest BCUT2D eigenvalue weighted by Crippen LogP contribution is -2.31. The first-order valence-electron chi connectivity index (χ1n) is 6.62. The third kappa shape index (κ3) is 2.29. The third-order valence-corrected chi connectivity index (χ3v) is 3.56. The Labute approximate surface area is 121 Å². The standard InChI is InChI=1S/C15H15N3O3/c1-17-9-10(8-16-17)5-6-18-13-7-11(21-2)3-4-12(13)14(19)15(18)20/h3-4,7-9H,5-6H2,1-2H3. The van der Waals surface area contributed by atoms with Crippen LogP contribution >= 0.6 is 0 Å². The fourth-order valence-electron chi connectivity index (χ4n) is 2.46. The molecule has 2 aromatic rings. The number of ether oxygens (including phenoxy) is 1. The number of aryl methyl sites for hydroxylation is 1. The lowest BCUT2D eigenvalue weighted by molar-refractivity contribution is -0.114. The van der Waals surface area contributed by atoms with Crippen LogP contribution in [0.15, 0.2) is 30.6 Å². The molecular formula is C15H15N3O3. The number of carbonyl (C=O) groups excluding carboxylic acids is 2. The molecule has 0 saturated heterocycles. The van der Waals surface area contributed by atoms with Crippen molar-refractivity contribution in [3.05, 3.63) is 41.7 Å². The molecule has 0 saturated carbocycles. The quantitative estimate of drug-likeness (QED) is 0.792. The van der Waals surface area contributed by atoms with Gasteiger partial charge >= 0.3 is 0 Å². The van der Waals surface area contributed by atoms with Gasteiger partial charge < -0.3 is 9.64 Å². The second-order valence-corrected chi connectivity index (χ2v) is 4.94. The molecule has 108 valence electrons. The number of ketones is 1. The lowest BCUT2D eigenvalue weighted by Gasteiger charge is -2.16. The van der Waals surface area contributed by atoms with E-state index in [2.05, 4.69) is 5.10 Å². The van der Waals surface area contributed by atoms with Gasteiger partial charge in [0.25, 0.3) is 11.7 Å². The number of rotatable bonds is 4. The molecule has 0 radical (unpaired) electrons. The van der Waals surface area contributed by atoms with Gasteiger partial charge in [0.15, 0.2) is 0 Å². The molecule has 0 unspecified atom stereocenters. The minimum Gasteiger partial charge on any atom is -0.497 e. The molecule has 0 bridgehead atoms. The molecule has 1 aromatic heterocycles. The molecule has 0 atom stereocenters. The van der Waals surface area contributed by atoms with Gasteiger partial charge in [0.2, 0.25) is 0 Å². The van der Waals surface area contributed by atoms with Gasteiger partial charge in [-0.05, 0) is 24.1 Å². The minimum absolute atomic E-state index is 0.437. The van der Waals surface area contributed by atoms with Gasteiger partial charge in [-0.2, -0.15) is 5.10 Å². The molecule has 1 aliphatic rings. The van der Waals surface area contributed by atoms with Crippen LogP contribution in [0, 0.1) is 0 Å². The van der Waals surface area contributed by atoms with Crippen molar-refractivity contribution in [2.45, 2.75) is 6.42 Å². The van der Waals surface area contributed by atoms with E-state index in [1.807, 2.05) is 13.2 Å². The van der Waals surface area contributed by atoms with Crippen LogP contribution in [0.1, 0.15) is 15.9 Å². The topological polar surface area (TPSA) is 64.4 Å². The van der Waals surface area contributed by atoms with Crippen molar-refractivity contribution in [1.82, 2.24) is 9.78 Å². The van der Waals surface area contributed by atoms with E-state index in [4.69, 9.17) is 4.74 Å². The van der Waals surface area contributed by atoms with Gasteiger partial charge in [0, 0.05) is 25.9 Å². The van der Waals surface area contributed by atoms with E-state index in [0.29, 0.717) is 30.0 Å². The zero-order chi connectivity index (χ0) is 15.0. The summed E-state index contributed by atoms with van der Waals surface area (Å²) in [6.45, 7) is 0.441. The Morgan fingerprint density at radius 1 is 1.29 bits per heavy atom. The monoisotopic (exact) mass is 285 g/mol. The Kier molecular flexibility index (Phi) is 3.21. The van der Waals surface area contributed by atoms with Crippen LogP contribution in [0.4, 0.5) is 5.69 Å². The summed E-state index contributed by atoms with van der Waals surface area (Å²) >= 11 is 0. The highest BCUT2D eigenvalue weighted by molar-refractivity contribution is 6.52. The van der Waals surface area contributed by atoms with Gasteiger partial charge in [0.1, 0.15) is 5.75 Å². The van der Waals surface area contributed by atoms with E-state index in [1.165, 1.54) is 4.90 Å². The second kappa shape index (κ2) is 5.05. The van der Waals surface area contributed by atoms with E-state index in [9.17, 15) is 9.59 Å². The number of hydrogen-bond acceptors (Lipinski definition) is 4. The minimum atomic E-state index is -0.484. The summed E-state index contributed by atoms with van der Waals surface area (Å²) < 4.78 is 6.87. The highest BCUT2D eigenvalue weighted by Crippen LogP contribution is 2.32. The third-order valence-electron chi connectivity index (χ3n) is 3.56. The molecule has 3 rings (SSSR count). The number of fused-ring (bicyclic) bond motifs is 1. The fraction of sp³-hybridized carbons (Fsp3) is 0.267. The normalized spacial score (nSPS) is 13.7. The molecule has 0 N–H and O–H groups in total. The number of anilines is 1. The molecule has 2 heterocycles. The molecule has 21 heavy (non-hydrogen) atoms.